The lowest BCUT2D eigenvalue weighted by atomic mass is 10.0. The van der Waals surface area contributed by atoms with Crippen molar-refractivity contribution in [1.29, 1.82) is 0 Å². The Labute approximate surface area is 94.8 Å². The summed E-state index contributed by atoms with van der Waals surface area (Å²) in [6, 6.07) is 9.44. The number of rotatable bonds is 3. The van der Waals surface area contributed by atoms with Gasteiger partial charge in [-0.25, -0.2) is 0 Å². The summed E-state index contributed by atoms with van der Waals surface area (Å²) in [6.45, 7) is 1.90. The molecule has 0 bridgehead atoms. The van der Waals surface area contributed by atoms with Gasteiger partial charge in [-0.1, -0.05) is 12.1 Å². The monoisotopic (exact) mass is 214 g/mol. The topological polar surface area (TPSA) is 46.0 Å². The Bertz CT molecular complexity index is 456. The van der Waals surface area contributed by atoms with Gasteiger partial charge in [0.15, 0.2) is 0 Å². The third kappa shape index (κ3) is 2.44. The second-order valence-corrected chi connectivity index (χ2v) is 3.72. The average molecular weight is 214 g/mol. The largest absolute Gasteiger partial charge is 0.388 e. The van der Waals surface area contributed by atoms with E-state index in [4.69, 9.17) is 0 Å². The molecular weight excluding hydrogens is 200 g/mol. The van der Waals surface area contributed by atoms with Crippen LogP contribution < -0.4 is 0 Å². The molecule has 2 heterocycles. The van der Waals surface area contributed by atoms with Gasteiger partial charge >= 0.3 is 0 Å². The maximum atomic E-state index is 10.1. The van der Waals surface area contributed by atoms with Crippen LogP contribution >= 0.6 is 0 Å². The van der Waals surface area contributed by atoms with Crippen molar-refractivity contribution >= 4 is 0 Å². The molecule has 2 aromatic rings. The molecule has 0 aliphatic rings. The number of hydrogen-bond acceptors (Lipinski definition) is 3. The molecule has 0 saturated carbocycles. The van der Waals surface area contributed by atoms with Crippen LogP contribution in [0.5, 0.6) is 0 Å². The number of aromatic nitrogens is 2. The van der Waals surface area contributed by atoms with Crippen molar-refractivity contribution in [3.63, 3.8) is 0 Å². The van der Waals surface area contributed by atoms with E-state index in [2.05, 4.69) is 9.97 Å². The van der Waals surface area contributed by atoms with Crippen LogP contribution in [0.4, 0.5) is 0 Å². The summed E-state index contributed by atoms with van der Waals surface area (Å²) >= 11 is 0. The highest BCUT2D eigenvalue weighted by Crippen LogP contribution is 2.18. The fourth-order valence-electron chi connectivity index (χ4n) is 1.68. The average Bonchev–Trinajstić information content (AvgIpc) is 2.31. The predicted molar refractivity (Wildman–Crippen MR) is 61.9 cm³/mol. The Hall–Kier alpha value is -1.74. The van der Waals surface area contributed by atoms with Gasteiger partial charge in [-0.2, -0.15) is 0 Å². The van der Waals surface area contributed by atoms with E-state index in [1.165, 1.54) is 0 Å². The SMILES string of the molecule is Cc1ncccc1C(O)Cc1ccccn1. The van der Waals surface area contributed by atoms with Crippen molar-refractivity contribution in [1.82, 2.24) is 9.97 Å². The van der Waals surface area contributed by atoms with E-state index in [9.17, 15) is 5.11 Å². The van der Waals surface area contributed by atoms with E-state index >= 15 is 0 Å². The first-order chi connectivity index (χ1) is 7.77. The molecule has 1 N–H and O–H groups in total. The highest BCUT2D eigenvalue weighted by atomic mass is 16.3. The highest BCUT2D eigenvalue weighted by molar-refractivity contribution is 5.22. The Morgan fingerprint density at radius 2 is 1.94 bits per heavy atom. The molecule has 0 saturated heterocycles. The molecule has 1 atom stereocenters. The molecule has 1 unspecified atom stereocenters. The zero-order valence-corrected chi connectivity index (χ0v) is 9.17. The quantitative estimate of drug-likeness (QED) is 0.850. The summed E-state index contributed by atoms with van der Waals surface area (Å²) < 4.78 is 0. The lowest BCUT2D eigenvalue weighted by molar-refractivity contribution is 0.176. The van der Waals surface area contributed by atoms with Gasteiger partial charge in [0.25, 0.3) is 0 Å². The van der Waals surface area contributed by atoms with Crippen LogP contribution in [-0.4, -0.2) is 15.1 Å². The van der Waals surface area contributed by atoms with Crippen molar-refractivity contribution in [3.8, 4) is 0 Å². The molecule has 0 spiro atoms. The van der Waals surface area contributed by atoms with Crippen molar-refractivity contribution < 1.29 is 5.11 Å². The number of aliphatic hydroxyl groups is 1. The van der Waals surface area contributed by atoms with Gasteiger partial charge in [-0.3, -0.25) is 9.97 Å². The molecule has 16 heavy (non-hydrogen) atoms. The summed E-state index contributed by atoms with van der Waals surface area (Å²) in [5.41, 5.74) is 2.62. The molecule has 3 nitrogen and oxygen atoms in total. The molecular formula is C13H14N2O. The van der Waals surface area contributed by atoms with Gasteiger partial charge in [0.1, 0.15) is 0 Å². The predicted octanol–water partition coefficient (Wildman–Crippen LogP) is 2.06. The smallest absolute Gasteiger partial charge is 0.0862 e. The highest BCUT2D eigenvalue weighted by Gasteiger charge is 2.11. The maximum Gasteiger partial charge on any atom is 0.0862 e. The minimum atomic E-state index is -0.538. The fourth-order valence-corrected chi connectivity index (χ4v) is 1.68. The van der Waals surface area contributed by atoms with Gasteiger partial charge in [-0.05, 0) is 25.1 Å². The van der Waals surface area contributed by atoms with Gasteiger partial charge in [0.05, 0.1) is 6.10 Å². The zero-order chi connectivity index (χ0) is 11.4. The third-order valence-electron chi connectivity index (χ3n) is 2.54. The molecule has 0 aliphatic heterocycles. The molecule has 0 aliphatic carbocycles. The van der Waals surface area contributed by atoms with E-state index in [0.29, 0.717) is 6.42 Å². The van der Waals surface area contributed by atoms with Crippen molar-refractivity contribution in [2.45, 2.75) is 19.4 Å². The number of aliphatic hydroxyl groups excluding tert-OH is 1. The fraction of sp³-hybridized carbons (Fsp3) is 0.231. The normalized spacial score (nSPS) is 12.4. The van der Waals surface area contributed by atoms with Crippen LogP contribution in [0.2, 0.25) is 0 Å². The van der Waals surface area contributed by atoms with Gasteiger partial charge in [0.2, 0.25) is 0 Å². The first kappa shape index (κ1) is 10.8. The van der Waals surface area contributed by atoms with Gasteiger partial charge < -0.3 is 5.11 Å². The first-order valence-corrected chi connectivity index (χ1v) is 5.27. The lowest BCUT2D eigenvalue weighted by Gasteiger charge is -2.12. The molecule has 3 heteroatoms. The third-order valence-corrected chi connectivity index (χ3v) is 2.54. The Balaban J connectivity index is 2.15. The Morgan fingerprint density at radius 1 is 1.12 bits per heavy atom. The minimum absolute atomic E-state index is 0.521. The Kier molecular flexibility index (Phi) is 3.27. The van der Waals surface area contributed by atoms with Gasteiger partial charge in [-0.15, -0.1) is 0 Å². The molecule has 82 valence electrons. The molecule has 0 fully saturated rings. The standard InChI is InChI=1S/C13H14N2O/c1-10-12(6-4-8-14-10)13(16)9-11-5-2-3-7-15-11/h2-8,13,16H,9H2,1H3. The van der Waals surface area contributed by atoms with E-state index in [-0.39, 0.29) is 0 Å². The zero-order valence-electron chi connectivity index (χ0n) is 9.17. The molecule has 0 radical (unpaired) electrons. The number of aryl methyl sites for hydroxylation is 1. The van der Waals surface area contributed by atoms with Gasteiger partial charge in [0, 0.05) is 35.8 Å². The van der Waals surface area contributed by atoms with Crippen LogP contribution in [0.15, 0.2) is 42.7 Å². The van der Waals surface area contributed by atoms with Crippen molar-refractivity contribution in [3.05, 3.63) is 59.7 Å². The van der Waals surface area contributed by atoms with Crippen LogP contribution in [0.25, 0.3) is 0 Å². The summed E-state index contributed by atoms with van der Waals surface area (Å²) in [7, 11) is 0. The second-order valence-electron chi connectivity index (χ2n) is 3.72. The van der Waals surface area contributed by atoms with Crippen LogP contribution in [0, 0.1) is 6.92 Å². The molecule has 2 rings (SSSR count). The lowest BCUT2D eigenvalue weighted by Crippen LogP contribution is -2.05. The van der Waals surface area contributed by atoms with Crippen LogP contribution in [0.1, 0.15) is 23.1 Å². The first-order valence-electron chi connectivity index (χ1n) is 5.27. The van der Waals surface area contributed by atoms with Crippen molar-refractivity contribution in [2.75, 3.05) is 0 Å². The second kappa shape index (κ2) is 4.86. The maximum absolute atomic E-state index is 10.1. The number of hydrogen-bond donors (Lipinski definition) is 1. The summed E-state index contributed by atoms with van der Waals surface area (Å²) in [4.78, 5) is 8.35. The van der Waals surface area contributed by atoms with Crippen LogP contribution in [-0.2, 0) is 6.42 Å². The number of pyridine rings is 2. The Morgan fingerprint density at radius 3 is 2.62 bits per heavy atom. The molecule has 2 aromatic heterocycles. The van der Waals surface area contributed by atoms with E-state index in [1.54, 1.807) is 12.4 Å². The van der Waals surface area contributed by atoms with E-state index in [1.807, 2.05) is 37.3 Å². The molecule has 0 aromatic carbocycles. The van der Waals surface area contributed by atoms with E-state index < -0.39 is 6.10 Å². The summed E-state index contributed by atoms with van der Waals surface area (Å²) in [5.74, 6) is 0. The summed E-state index contributed by atoms with van der Waals surface area (Å²) in [5, 5.41) is 10.1. The van der Waals surface area contributed by atoms with Crippen LogP contribution in [0.3, 0.4) is 0 Å². The minimum Gasteiger partial charge on any atom is -0.388 e. The van der Waals surface area contributed by atoms with E-state index in [0.717, 1.165) is 17.0 Å². The summed E-state index contributed by atoms with van der Waals surface area (Å²) in [6.07, 6.45) is 3.45. The number of nitrogens with zero attached hydrogens (tertiary/aromatic N) is 2. The van der Waals surface area contributed by atoms with Crippen molar-refractivity contribution in [2.24, 2.45) is 0 Å². The molecule has 0 amide bonds.